The van der Waals surface area contributed by atoms with Crippen molar-refractivity contribution in [2.24, 2.45) is 5.92 Å². The number of nitrogens with zero attached hydrogens (tertiary/aromatic N) is 1. The third-order valence-electron chi connectivity index (χ3n) is 4.32. The highest BCUT2D eigenvalue weighted by molar-refractivity contribution is 5.88. The van der Waals surface area contributed by atoms with Gasteiger partial charge in [0, 0.05) is 13.2 Å². The summed E-state index contributed by atoms with van der Waals surface area (Å²) in [6.07, 6.45) is 11.5. The second-order valence-electron chi connectivity index (χ2n) is 5.91. The summed E-state index contributed by atoms with van der Waals surface area (Å²) < 4.78 is 5.30. The van der Waals surface area contributed by atoms with Gasteiger partial charge in [-0.2, -0.15) is 5.26 Å². The van der Waals surface area contributed by atoms with E-state index < -0.39 is 5.54 Å². The van der Waals surface area contributed by atoms with Gasteiger partial charge in [0.2, 0.25) is 5.91 Å². The number of ether oxygens (including phenoxy) is 1. The fourth-order valence-electron chi connectivity index (χ4n) is 3.01. The van der Waals surface area contributed by atoms with Crippen LogP contribution in [0.1, 0.15) is 51.4 Å². The molecule has 20 heavy (non-hydrogen) atoms. The molecule has 0 aromatic heterocycles. The van der Waals surface area contributed by atoms with Crippen LogP contribution < -0.4 is 5.32 Å². The molecule has 1 aliphatic heterocycles. The quantitative estimate of drug-likeness (QED) is 0.637. The second-order valence-corrected chi connectivity index (χ2v) is 5.91. The average molecular weight is 276 g/mol. The number of amides is 1. The SMILES string of the molecule is N#CC1(NC(=O)/C=C/C2CCOCC2)CCCCCC1. The first-order valence-corrected chi connectivity index (χ1v) is 7.73. The number of nitriles is 1. The summed E-state index contributed by atoms with van der Waals surface area (Å²) in [5, 5.41) is 12.4. The molecule has 4 heteroatoms. The molecule has 4 nitrogen and oxygen atoms in total. The lowest BCUT2D eigenvalue weighted by atomic mass is 9.91. The number of carbonyl (C=O) groups is 1. The molecule has 1 amide bonds. The monoisotopic (exact) mass is 276 g/mol. The van der Waals surface area contributed by atoms with Crippen LogP contribution in [0.4, 0.5) is 0 Å². The van der Waals surface area contributed by atoms with Crippen molar-refractivity contribution in [3.05, 3.63) is 12.2 Å². The average Bonchev–Trinajstić information content (AvgIpc) is 2.72. The van der Waals surface area contributed by atoms with E-state index in [2.05, 4.69) is 11.4 Å². The number of nitrogens with one attached hydrogen (secondary N) is 1. The van der Waals surface area contributed by atoms with E-state index in [-0.39, 0.29) is 5.91 Å². The normalized spacial score (nSPS) is 23.9. The molecule has 0 aromatic rings. The van der Waals surface area contributed by atoms with Gasteiger partial charge in [-0.05, 0) is 37.7 Å². The Bertz CT molecular complexity index is 384. The van der Waals surface area contributed by atoms with E-state index in [9.17, 15) is 10.1 Å². The lowest BCUT2D eigenvalue weighted by Crippen LogP contribution is -2.46. The summed E-state index contributed by atoms with van der Waals surface area (Å²) in [5.41, 5.74) is -0.645. The summed E-state index contributed by atoms with van der Waals surface area (Å²) in [6.45, 7) is 1.55. The molecule has 0 bridgehead atoms. The zero-order valence-corrected chi connectivity index (χ0v) is 12.1. The predicted octanol–water partition coefficient (Wildman–Crippen LogP) is 2.70. The highest BCUT2D eigenvalue weighted by Crippen LogP contribution is 2.26. The van der Waals surface area contributed by atoms with Gasteiger partial charge in [0.15, 0.2) is 0 Å². The van der Waals surface area contributed by atoms with Gasteiger partial charge in [0.05, 0.1) is 6.07 Å². The Labute approximate surface area is 121 Å². The molecule has 2 aliphatic rings. The molecule has 1 saturated heterocycles. The standard InChI is InChI=1S/C16H24N2O2/c17-13-16(9-3-1-2-4-10-16)18-15(19)6-5-14-7-11-20-12-8-14/h5-6,14H,1-4,7-12H2,(H,18,19)/b6-5+. The molecule has 1 aliphatic carbocycles. The largest absolute Gasteiger partial charge is 0.381 e. The van der Waals surface area contributed by atoms with Crippen LogP contribution in [0.25, 0.3) is 0 Å². The molecule has 0 aromatic carbocycles. The fourth-order valence-corrected chi connectivity index (χ4v) is 3.01. The molecule has 2 rings (SSSR count). The van der Waals surface area contributed by atoms with Crippen molar-refractivity contribution >= 4 is 5.91 Å². The van der Waals surface area contributed by atoms with Crippen LogP contribution in [0.3, 0.4) is 0 Å². The van der Waals surface area contributed by atoms with Crippen molar-refractivity contribution in [2.45, 2.75) is 56.9 Å². The van der Waals surface area contributed by atoms with Crippen LogP contribution in [-0.2, 0) is 9.53 Å². The van der Waals surface area contributed by atoms with Gasteiger partial charge < -0.3 is 10.1 Å². The van der Waals surface area contributed by atoms with Crippen molar-refractivity contribution in [1.82, 2.24) is 5.32 Å². The third kappa shape index (κ3) is 4.35. The Morgan fingerprint density at radius 1 is 1.20 bits per heavy atom. The Morgan fingerprint density at radius 2 is 1.85 bits per heavy atom. The fraction of sp³-hybridized carbons (Fsp3) is 0.750. The second kappa shape index (κ2) is 7.44. The zero-order chi connectivity index (χ0) is 14.3. The lowest BCUT2D eigenvalue weighted by Gasteiger charge is -2.25. The molecule has 2 fully saturated rings. The summed E-state index contributed by atoms with van der Waals surface area (Å²) in [6, 6.07) is 2.34. The molecule has 0 unspecified atom stereocenters. The maximum Gasteiger partial charge on any atom is 0.244 e. The molecule has 0 atom stereocenters. The van der Waals surface area contributed by atoms with E-state index in [4.69, 9.17) is 4.74 Å². The van der Waals surface area contributed by atoms with E-state index in [1.807, 2.05) is 6.08 Å². The van der Waals surface area contributed by atoms with Crippen molar-refractivity contribution in [2.75, 3.05) is 13.2 Å². The minimum absolute atomic E-state index is 0.125. The van der Waals surface area contributed by atoms with Gasteiger partial charge in [-0.1, -0.05) is 31.8 Å². The zero-order valence-electron chi connectivity index (χ0n) is 12.1. The van der Waals surface area contributed by atoms with Gasteiger partial charge in [-0.25, -0.2) is 0 Å². The molecular weight excluding hydrogens is 252 g/mol. The number of carbonyl (C=O) groups excluding carboxylic acids is 1. The lowest BCUT2D eigenvalue weighted by molar-refractivity contribution is -0.118. The highest BCUT2D eigenvalue weighted by atomic mass is 16.5. The maximum absolute atomic E-state index is 12.0. The maximum atomic E-state index is 12.0. The Hall–Kier alpha value is -1.34. The molecule has 0 radical (unpaired) electrons. The minimum Gasteiger partial charge on any atom is -0.381 e. The van der Waals surface area contributed by atoms with Gasteiger partial charge in [0.1, 0.15) is 5.54 Å². The van der Waals surface area contributed by atoms with Crippen molar-refractivity contribution in [3.63, 3.8) is 0 Å². The molecule has 1 heterocycles. The summed E-state index contributed by atoms with van der Waals surface area (Å²) >= 11 is 0. The first-order valence-electron chi connectivity index (χ1n) is 7.73. The van der Waals surface area contributed by atoms with Gasteiger partial charge in [0.25, 0.3) is 0 Å². The molecule has 110 valence electrons. The van der Waals surface area contributed by atoms with E-state index in [0.29, 0.717) is 5.92 Å². The topological polar surface area (TPSA) is 62.1 Å². The predicted molar refractivity (Wildman–Crippen MR) is 76.9 cm³/mol. The molecule has 0 spiro atoms. The number of hydrogen-bond acceptors (Lipinski definition) is 3. The van der Waals surface area contributed by atoms with E-state index in [1.54, 1.807) is 6.08 Å². The van der Waals surface area contributed by atoms with Gasteiger partial charge in [-0.15, -0.1) is 0 Å². The summed E-state index contributed by atoms with van der Waals surface area (Å²) in [7, 11) is 0. The Balaban J connectivity index is 1.88. The molecule has 1 saturated carbocycles. The molecule has 1 N–H and O–H groups in total. The van der Waals surface area contributed by atoms with Crippen molar-refractivity contribution in [1.29, 1.82) is 5.26 Å². The molecular formula is C16H24N2O2. The minimum atomic E-state index is -0.645. The van der Waals surface area contributed by atoms with Crippen molar-refractivity contribution < 1.29 is 9.53 Å². The summed E-state index contributed by atoms with van der Waals surface area (Å²) in [4.78, 5) is 12.0. The first kappa shape index (κ1) is 15.1. The summed E-state index contributed by atoms with van der Waals surface area (Å²) in [5.74, 6) is 0.307. The van der Waals surface area contributed by atoms with Crippen LogP contribution in [-0.4, -0.2) is 24.7 Å². The smallest absolute Gasteiger partial charge is 0.244 e. The highest BCUT2D eigenvalue weighted by Gasteiger charge is 2.31. The van der Waals surface area contributed by atoms with Crippen LogP contribution in [0.2, 0.25) is 0 Å². The third-order valence-corrected chi connectivity index (χ3v) is 4.32. The van der Waals surface area contributed by atoms with Crippen LogP contribution >= 0.6 is 0 Å². The Kier molecular flexibility index (Phi) is 5.60. The Morgan fingerprint density at radius 3 is 2.45 bits per heavy atom. The van der Waals surface area contributed by atoms with Crippen LogP contribution in [0.15, 0.2) is 12.2 Å². The van der Waals surface area contributed by atoms with Crippen LogP contribution in [0, 0.1) is 17.2 Å². The van der Waals surface area contributed by atoms with E-state index in [0.717, 1.165) is 64.6 Å². The van der Waals surface area contributed by atoms with Crippen LogP contribution in [0.5, 0.6) is 0 Å². The van der Waals surface area contributed by atoms with Crippen molar-refractivity contribution in [3.8, 4) is 6.07 Å². The van der Waals surface area contributed by atoms with Gasteiger partial charge >= 0.3 is 0 Å². The number of allylic oxidation sites excluding steroid dienone is 1. The number of rotatable bonds is 3. The van der Waals surface area contributed by atoms with Gasteiger partial charge in [-0.3, -0.25) is 4.79 Å². The number of hydrogen-bond donors (Lipinski definition) is 1. The van der Waals surface area contributed by atoms with E-state index >= 15 is 0 Å². The van der Waals surface area contributed by atoms with E-state index in [1.165, 1.54) is 0 Å². The first-order chi connectivity index (χ1) is 9.74.